The number of carbonyl (C=O) groups excluding carboxylic acids is 4. The molecule has 0 bridgehead atoms. The number of hydrogen-bond donors (Lipinski definition) is 3. The fourth-order valence-corrected chi connectivity index (χ4v) is 3.24. The Kier molecular flexibility index (Phi) is 5.81. The second-order valence-electron chi connectivity index (χ2n) is 7.01. The summed E-state index contributed by atoms with van der Waals surface area (Å²) in [5.74, 6) is -3.08. The molecule has 2 unspecified atom stereocenters. The summed E-state index contributed by atoms with van der Waals surface area (Å²) in [6.07, 6.45) is 0.416. The van der Waals surface area contributed by atoms with E-state index in [1.807, 2.05) is 0 Å². The van der Waals surface area contributed by atoms with Gasteiger partial charge in [-0.15, -0.1) is 0 Å². The van der Waals surface area contributed by atoms with Crippen molar-refractivity contribution >= 4 is 29.6 Å². The number of nitrogens with zero attached hydrogens (tertiary/aromatic N) is 1. The standard InChI is InChI=1S/C19H21N3O7/c1-10(19(27)28)7-20-16(24)9-29-14-4-2-3-11-12(14)8-22(18(11)26)13-5-6-15(23)21-17(13)25/h2-4,10,13H,5-9H2,1H3,(H,20,24)(H,27,28)(H,21,23,25). The Labute approximate surface area is 166 Å². The SMILES string of the molecule is CC(CNC(=O)COc1cccc2c1CN(C1CCC(=O)NC1=O)C2=O)C(=O)O. The van der Waals surface area contributed by atoms with Gasteiger partial charge < -0.3 is 20.1 Å². The van der Waals surface area contributed by atoms with Crippen LogP contribution in [0.1, 0.15) is 35.7 Å². The van der Waals surface area contributed by atoms with E-state index in [0.29, 0.717) is 16.9 Å². The zero-order chi connectivity index (χ0) is 21.1. The first-order valence-electron chi connectivity index (χ1n) is 9.16. The Morgan fingerprint density at radius 1 is 1.34 bits per heavy atom. The molecule has 2 heterocycles. The number of carboxylic acids is 1. The van der Waals surface area contributed by atoms with E-state index < -0.39 is 29.7 Å². The number of nitrogens with one attached hydrogen (secondary N) is 2. The number of aliphatic carboxylic acids is 1. The van der Waals surface area contributed by atoms with Gasteiger partial charge >= 0.3 is 5.97 Å². The van der Waals surface area contributed by atoms with Gasteiger partial charge in [-0.1, -0.05) is 13.0 Å². The van der Waals surface area contributed by atoms with Crippen LogP contribution in [-0.2, 0) is 25.7 Å². The summed E-state index contributed by atoms with van der Waals surface area (Å²) in [4.78, 5) is 60.3. The number of imide groups is 1. The maximum Gasteiger partial charge on any atom is 0.308 e. The number of carboxylic acid groups (broad SMARTS) is 1. The molecule has 29 heavy (non-hydrogen) atoms. The van der Waals surface area contributed by atoms with Gasteiger partial charge in [-0.05, 0) is 18.6 Å². The van der Waals surface area contributed by atoms with Crippen LogP contribution in [-0.4, -0.2) is 58.8 Å². The summed E-state index contributed by atoms with van der Waals surface area (Å²) in [5, 5.41) is 13.5. The van der Waals surface area contributed by atoms with E-state index in [4.69, 9.17) is 9.84 Å². The van der Waals surface area contributed by atoms with Gasteiger partial charge in [0.2, 0.25) is 11.8 Å². The minimum absolute atomic E-state index is 0.0216. The molecule has 1 fully saturated rings. The minimum atomic E-state index is -1.01. The molecule has 1 aromatic rings. The summed E-state index contributed by atoms with van der Waals surface area (Å²) in [5.41, 5.74) is 0.945. The molecule has 0 saturated carbocycles. The molecule has 154 valence electrons. The highest BCUT2D eigenvalue weighted by molar-refractivity contribution is 6.05. The quantitative estimate of drug-likeness (QED) is 0.529. The molecular formula is C19H21N3O7. The largest absolute Gasteiger partial charge is 0.483 e. The number of rotatable bonds is 7. The number of amides is 4. The summed E-state index contributed by atoms with van der Waals surface area (Å²) >= 11 is 0. The van der Waals surface area contributed by atoms with E-state index in [1.54, 1.807) is 18.2 Å². The maximum atomic E-state index is 12.7. The normalized spacial score (nSPS) is 19.4. The van der Waals surface area contributed by atoms with Crippen molar-refractivity contribution < 1.29 is 33.8 Å². The molecule has 10 nitrogen and oxygen atoms in total. The molecule has 0 aromatic heterocycles. The van der Waals surface area contributed by atoms with Crippen LogP contribution in [0.25, 0.3) is 0 Å². The number of benzene rings is 1. The van der Waals surface area contributed by atoms with Crippen molar-refractivity contribution in [1.29, 1.82) is 0 Å². The second kappa shape index (κ2) is 8.29. The molecule has 1 saturated heterocycles. The maximum absolute atomic E-state index is 12.7. The monoisotopic (exact) mass is 403 g/mol. The van der Waals surface area contributed by atoms with Crippen molar-refractivity contribution in [3.05, 3.63) is 29.3 Å². The smallest absolute Gasteiger partial charge is 0.308 e. The zero-order valence-corrected chi connectivity index (χ0v) is 15.8. The summed E-state index contributed by atoms with van der Waals surface area (Å²) in [6, 6.07) is 4.11. The number of ether oxygens (including phenoxy) is 1. The molecular weight excluding hydrogens is 382 g/mol. The van der Waals surface area contributed by atoms with Crippen molar-refractivity contribution in [1.82, 2.24) is 15.5 Å². The number of piperidine rings is 1. The molecule has 3 N–H and O–H groups in total. The topological polar surface area (TPSA) is 142 Å². The highest BCUT2D eigenvalue weighted by Gasteiger charge is 2.40. The van der Waals surface area contributed by atoms with E-state index >= 15 is 0 Å². The number of carbonyl (C=O) groups is 5. The van der Waals surface area contributed by atoms with E-state index in [-0.39, 0.29) is 44.4 Å². The van der Waals surface area contributed by atoms with E-state index in [9.17, 15) is 24.0 Å². The lowest BCUT2D eigenvalue weighted by molar-refractivity contribution is -0.141. The van der Waals surface area contributed by atoms with E-state index in [0.717, 1.165) is 0 Å². The van der Waals surface area contributed by atoms with Gasteiger partial charge in [-0.2, -0.15) is 0 Å². The molecule has 0 radical (unpaired) electrons. The number of hydrogen-bond acceptors (Lipinski definition) is 6. The number of fused-ring (bicyclic) bond motifs is 1. The van der Waals surface area contributed by atoms with Gasteiger partial charge in [0.15, 0.2) is 6.61 Å². The zero-order valence-electron chi connectivity index (χ0n) is 15.8. The highest BCUT2D eigenvalue weighted by Crippen LogP contribution is 2.33. The highest BCUT2D eigenvalue weighted by atomic mass is 16.5. The van der Waals surface area contributed by atoms with Crippen LogP contribution in [0.2, 0.25) is 0 Å². The summed E-state index contributed by atoms with van der Waals surface area (Å²) < 4.78 is 5.54. The lowest BCUT2D eigenvalue weighted by atomic mass is 10.0. The van der Waals surface area contributed by atoms with Crippen molar-refractivity contribution in [2.24, 2.45) is 5.92 Å². The van der Waals surface area contributed by atoms with Crippen LogP contribution in [0.3, 0.4) is 0 Å². The van der Waals surface area contributed by atoms with Gasteiger partial charge in [0.25, 0.3) is 11.8 Å². The molecule has 0 aliphatic carbocycles. The van der Waals surface area contributed by atoms with Crippen molar-refractivity contribution in [3.63, 3.8) is 0 Å². The average Bonchev–Trinajstić information content (AvgIpc) is 3.01. The predicted molar refractivity (Wildman–Crippen MR) is 97.8 cm³/mol. The molecule has 1 aromatic carbocycles. The average molecular weight is 403 g/mol. The van der Waals surface area contributed by atoms with Gasteiger partial charge in [-0.25, -0.2) is 0 Å². The third-order valence-corrected chi connectivity index (χ3v) is 4.92. The Bertz CT molecular complexity index is 883. The van der Waals surface area contributed by atoms with E-state index in [1.165, 1.54) is 11.8 Å². The third kappa shape index (κ3) is 4.36. The Morgan fingerprint density at radius 2 is 2.10 bits per heavy atom. The van der Waals surface area contributed by atoms with Crippen LogP contribution in [0.5, 0.6) is 5.75 Å². The fourth-order valence-electron chi connectivity index (χ4n) is 3.24. The fraction of sp³-hybridized carbons (Fsp3) is 0.421. The lowest BCUT2D eigenvalue weighted by Gasteiger charge is -2.29. The van der Waals surface area contributed by atoms with Crippen LogP contribution in [0.4, 0.5) is 0 Å². The van der Waals surface area contributed by atoms with Gasteiger partial charge in [0, 0.05) is 24.1 Å². The van der Waals surface area contributed by atoms with Gasteiger partial charge in [-0.3, -0.25) is 29.3 Å². The minimum Gasteiger partial charge on any atom is -0.483 e. The molecule has 0 spiro atoms. The molecule has 3 rings (SSSR count). The van der Waals surface area contributed by atoms with Crippen LogP contribution < -0.4 is 15.4 Å². The first-order chi connectivity index (χ1) is 13.8. The predicted octanol–water partition coefficient (Wildman–Crippen LogP) is -0.337. The Hall–Kier alpha value is -3.43. The Morgan fingerprint density at radius 3 is 2.79 bits per heavy atom. The molecule has 2 aliphatic rings. The van der Waals surface area contributed by atoms with E-state index in [2.05, 4.69) is 10.6 Å². The summed E-state index contributed by atoms with van der Waals surface area (Å²) in [7, 11) is 0. The van der Waals surface area contributed by atoms with Crippen molar-refractivity contribution in [3.8, 4) is 5.75 Å². The first-order valence-corrected chi connectivity index (χ1v) is 9.16. The summed E-state index contributed by atoms with van der Waals surface area (Å²) in [6.45, 7) is 1.25. The van der Waals surface area contributed by atoms with Gasteiger partial charge in [0.05, 0.1) is 12.5 Å². The third-order valence-electron chi connectivity index (χ3n) is 4.92. The van der Waals surface area contributed by atoms with Gasteiger partial charge in [0.1, 0.15) is 11.8 Å². The van der Waals surface area contributed by atoms with Crippen LogP contribution >= 0.6 is 0 Å². The van der Waals surface area contributed by atoms with Crippen molar-refractivity contribution in [2.75, 3.05) is 13.2 Å². The molecule has 2 aliphatic heterocycles. The van der Waals surface area contributed by atoms with Crippen molar-refractivity contribution in [2.45, 2.75) is 32.4 Å². The van der Waals surface area contributed by atoms with Crippen LogP contribution in [0.15, 0.2) is 18.2 Å². The molecule has 10 heteroatoms. The second-order valence-corrected chi connectivity index (χ2v) is 7.01. The Balaban J connectivity index is 1.65. The molecule has 2 atom stereocenters. The van der Waals surface area contributed by atoms with Crippen LogP contribution in [0, 0.1) is 5.92 Å². The lowest BCUT2D eigenvalue weighted by Crippen LogP contribution is -2.52. The molecule has 4 amide bonds. The first kappa shape index (κ1) is 20.3.